The molecule has 0 aliphatic carbocycles. The molecule has 0 heterocycles. The first-order valence-electron chi connectivity index (χ1n) is 7.41. The normalized spacial score (nSPS) is 12.1. The van der Waals surface area contributed by atoms with Crippen molar-refractivity contribution in [3.05, 3.63) is 47.0 Å². The molecule has 1 aromatic rings. The van der Waals surface area contributed by atoms with Gasteiger partial charge in [-0.15, -0.1) is 0 Å². The molecule has 0 saturated heterocycles. The molecule has 0 aliphatic heterocycles. The number of carbonyl (C=O) groups is 1. The Morgan fingerprint density at radius 1 is 1.23 bits per heavy atom. The fourth-order valence-corrected chi connectivity index (χ4v) is 2.37. The highest BCUT2D eigenvalue weighted by molar-refractivity contribution is 5.93. The topological polar surface area (TPSA) is 35.5 Å². The summed E-state index contributed by atoms with van der Waals surface area (Å²) >= 11 is 0. The van der Waals surface area contributed by atoms with Crippen LogP contribution in [-0.2, 0) is 19.7 Å². The zero-order valence-electron chi connectivity index (χ0n) is 14.2. The van der Waals surface area contributed by atoms with Crippen molar-refractivity contribution in [2.75, 3.05) is 20.3 Å². The highest BCUT2D eigenvalue weighted by Gasteiger charge is 2.20. The second-order valence-electron chi connectivity index (χ2n) is 6.22. The minimum atomic E-state index is -0.319. The van der Waals surface area contributed by atoms with Crippen molar-refractivity contribution in [1.82, 2.24) is 0 Å². The van der Waals surface area contributed by atoms with E-state index in [9.17, 15) is 4.79 Å². The van der Waals surface area contributed by atoms with Gasteiger partial charge in [0.1, 0.15) is 6.61 Å². The van der Waals surface area contributed by atoms with Crippen LogP contribution in [0.3, 0.4) is 0 Å². The summed E-state index contributed by atoms with van der Waals surface area (Å²) in [5.41, 5.74) is 3.81. The number of rotatable bonds is 6. The second kappa shape index (κ2) is 7.95. The van der Waals surface area contributed by atoms with Crippen molar-refractivity contribution in [2.45, 2.75) is 33.1 Å². The Hall–Kier alpha value is -1.87. The zero-order chi connectivity index (χ0) is 16.8. The molecular formula is C19H26O3. The van der Waals surface area contributed by atoms with Crippen molar-refractivity contribution in [3.8, 4) is 0 Å². The van der Waals surface area contributed by atoms with Gasteiger partial charge in [0.15, 0.2) is 0 Å². The van der Waals surface area contributed by atoms with Crippen LogP contribution in [0, 0.1) is 0 Å². The van der Waals surface area contributed by atoms with Crippen LogP contribution in [0.25, 0.3) is 12.2 Å². The van der Waals surface area contributed by atoms with Crippen LogP contribution < -0.4 is 0 Å². The van der Waals surface area contributed by atoms with Crippen LogP contribution in [0.1, 0.15) is 44.4 Å². The summed E-state index contributed by atoms with van der Waals surface area (Å²) in [6, 6.07) is 6.03. The van der Waals surface area contributed by atoms with E-state index in [1.165, 1.54) is 5.56 Å². The van der Waals surface area contributed by atoms with Crippen LogP contribution in [-0.4, -0.2) is 26.3 Å². The van der Waals surface area contributed by atoms with Gasteiger partial charge in [-0.3, -0.25) is 0 Å². The monoisotopic (exact) mass is 302 g/mol. The lowest BCUT2D eigenvalue weighted by molar-refractivity contribution is -0.140. The molecule has 3 heteroatoms. The van der Waals surface area contributed by atoms with Crippen LogP contribution in [0.4, 0.5) is 0 Å². The maximum absolute atomic E-state index is 12.0. The molecule has 22 heavy (non-hydrogen) atoms. The zero-order valence-corrected chi connectivity index (χ0v) is 14.2. The Bertz CT molecular complexity index is 563. The summed E-state index contributed by atoms with van der Waals surface area (Å²) in [7, 11) is 1.58. The number of ether oxygens (including phenoxy) is 2. The number of esters is 1. The molecule has 0 fully saturated rings. The van der Waals surface area contributed by atoms with Crippen molar-refractivity contribution < 1.29 is 14.3 Å². The molecule has 1 rings (SSSR count). The van der Waals surface area contributed by atoms with Crippen molar-refractivity contribution in [2.24, 2.45) is 0 Å². The fraction of sp³-hybridized carbons (Fsp3) is 0.421. The molecule has 120 valence electrons. The quantitative estimate of drug-likeness (QED) is 0.448. The Balaban J connectivity index is 3.14. The Labute approximate surface area is 133 Å². The molecule has 0 unspecified atom stereocenters. The average Bonchev–Trinajstić information content (AvgIpc) is 2.45. The number of methoxy groups -OCH3 is 1. The summed E-state index contributed by atoms with van der Waals surface area (Å²) in [6.07, 6.45) is 3.73. The molecule has 0 saturated carbocycles. The van der Waals surface area contributed by atoms with Gasteiger partial charge >= 0.3 is 5.97 Å². The van der Waals surface area contributed by atoms with Gasteiger partial charge in [-0.25, -0.2) is 4.79 Å². The summed E-state index contributed by atoms with van der Waals surface area (Å²) in [5, 5.41) is 0. The molecule has 0 N–H and O–H groups in total. The molecule has 0 amide bonds. The maximum Gasteiger partial charge on any atom is 0.333 e. The third kappa shape index (κ3) is 4.85. The molecule has 0 radical (unpaired) electrons. The molecular weight excluding hydrogens is 276 g/mol. The number of benzene rings is 1. The largest absolute Gasteiger partial charge is 0.460 e. The molecule has 0 aromatic heterocycles. The Morgan fingerprint density at radius 3 is 2.41 bits per heavy atom. The predicted molar refractivity (Wildman–Crippen MR) is 91.7 cm³/mol. The van der Waals surface area contributed by atoms with Gasteiger partial charge in [0.25, 0.3) is 0 Å². The van der Waals surface area contributed by atoms with Gasteiger partial charge in [-0.1, -0.05) is 51.6 Å². The lowest BCUT2D eigenvalue weighted by atomic mass is 9.80. The predicted octanol–water partition coefficient (Wildman–Crippen LogP) is 4.22. The number of hydrogen-bond donors (Lipinski definition) is 0. The number of hydrogen-bond acceptors (Lipinski definition) is 3. The third-order valence-electron chi connectivity index (χ3n) is 3.31. The van der Waals surface area contributed by atoms with E-state index >= 15 is 0 Å². The first-order chi connectivity index (χ1) is 10.3. The van der Waals surface area contributed by atoms with Gasteiger partial charge in [0.2, 0.25) is 0 Å². The van der Waals surface area contributed by atoms with E-state index in [-0.39, 0.29) is 18.0 Å². The maximum atomic E-state index is 12.0. The smallest absolute Gasteiger partial charge is 0.333 e. The van der Waals surface area contributed by atoms with Crippen LogP contribution >= 0.6 is 0 Å². The highest BCUT2D eigenvalue weighted by atomic mass is 16.6. The van der Waals surface area contributed by atoms with E-state index in [0.717, 1.165) is 11.1 Å². The van der Waals surface area contributed by atoms with Crippen LogP contribution in [0.5, 0.6) is 0 Å². The minimum Gasteiger partial charge on any atom is -0.460 e. The highest BCUT2D eigenvalue weighted by Crippen LogP contribution is 2.31. The lowest BCUT2D eigenvalue weighted by Crippen LogP contribution is -2.15. The molecule has 0 aliphatic rings. The van der Waals surface area contributed by atoms with E-state index in [4.69, 9.17) is 9.47 Å². The summed E-state index contributed by atoms with van der Waals surface area (Å²) in [5.74, 6) is -0.319. The van der Waals surface area contributed by atoms with Gasteiger partial charge in [0.05, 0.1) is 6.61 Å². The van der Waals surface area contributed by atoms with E-state index in [2.05, 4.69) is 27.4 Å². The van der Waals surface area contributed by atoms with Gasteiger partial charge in [-0.05, 0) is 35.1 Å². The lowest BCUT2D eigenvalue weighted by Gasteiger charge is -2.24. The molecule has 1 aromatic carbocycles. The molecule has 0 spiro atoms. The molecule has 0 atom stereocenters. The molecule has 0 bridgehead atoms. The summed E-state index contributed by atoms with van der Waals surface area (Å²) in [6.45, 7) is 12.8. The van der Waals surface area contributed by atoms with E-state index < -0.39 is 0 Å². The van der Waals surface area contributed by atoms with Gasteiger partial charge in [-0.2, -0.15) is 0 Å². The Kier molecular flexibility index (Phi) is 6.57. The Morgan fingerprint density at radius 2 is 1.86 bits per heavy atom. The van der Waals surface area contributed by atoms with Crippen LogP contribution in [0.2, 0.25) is 0 Å². The van der Waals surface area contributed by atoms with Crippen LogP contribution in [0.15, 0.2) is 30.4 Å². The van der Waals surface area contributed by atoms with E-state index in [1.807, 2.05) is 30.4 Å². The SMILES string of the molecule is C=Cc1cccc(/C=C(\C)C(=O)OCCOC)c1C(C)(C)C. The summed E-state index contributed by atoms with van der Waals surface area (Å²) in [4.78, 5) is 12.0. The van der Waals surface area contributed by atoms with E-state index in [0.29, 0.717) is 12.2 Å². The standard InChI is InChI=1S/C19H26O3/c1-7-15-9-8-10-16(17(15)19(3,4)5)13-14(2)18(20)22-12-11-21-6/h7-10,13H,1,11-12H2,2-6H3/b14-13+. The third-order valence-corrected chi connectivity index (χ3v) is 3.31. The first-order valence-corrected chi connectivity index (χ1v) is 7.41. The fourth-order valence-electron chi connectivity index (χ4n) is 2.37. The number of carbonyl (C=O) groups excluding carboxylic acids is 1. The van der Waals surface area contributed by atoms with Gasteiger partial charge < -0.3 is 9.47 Å². The average molecular weight is 302 g/mol. The van der Waals surface area contributed by atoms with Crippen molar-refractivity contribution in [3.63, 3.8) is 0 Å². The molecule has 3 nitrogen and oxygen atoms in total. The van der Waals surface area contributed by atoms with Crippen molar-refractivity contribution >= 4 is 18.1 Å². The van der Waals surface area contributed by atoms with Crippen molar-refractivity contribution in [1.29, 1.82) is 0 Å². The van der Waals surface area contributed by atoms with Gasteiger partial charge in [0, 0.05) is 12.7 Å². The minimum absolute atomic E-state index is 0.0448. The summed E-state index contributed by atoms with van der Waals surface area (Å²) < 4.78 is 10.0. The first kappa shape index (κ1) is 18.2. The van der Waals surface area contributed by atoms with E-state index in [1.54, 1.807) is 14.0 Å². The second-order valence-corrected chi connectivity index (χ2v) is 6.22.